The molecule has 2 atom stereocenters. The van der Waals surface area contributed by atoms with Gasteiger partial charge in [0.25, 0.3) is 0 Å². The number of likely N-dealkylation sites (tertiary alicyclic amines) is 1. The maximum atomic E-state index is 12.0. The number of carbonyl (C=O) groups excluding carboxylic acids is 1. The van der Waals surface area contributed by atoms with Crippen LogP contribution in [0.4, 0.5) is 4.79 Å². The molecule has 0 radical (unpaired) electrons. The van der Waals surface area contributed by atoms with Crippen molar-refractivity contribution in [3.63, 3.8) is 0 Å². The molecule has 2 amide bonds. The first-order chi connectivity index (χ1) is 7.97. The third-order valence-electron chi connectivity index (χ3n) is 3.49. The number of aliphatic carboxylic acids is 1. The van der Waals surface area contributed by atoms with Gasteiger partial charge in [0.15, 0.2) is 0 Å². The number of nitrogens with zero attached hydrogens (tertiary/aromatic N) is 2. The fourth-order valence-corrected chi connectivity index (χ4v) is 2.20. The lowest BCUT2D eigenvalue weighted by atomic mass is 10.0. The van der Waals surface area contributed by atoms with Crippen LogP contribution < -0.4 is 0 Å². The Bertz CT molecular complexity index is 293. The van der Waals surface area contributed by atoms with E-state index >= 15 is 0 Å². The molecule has 1 aliphatic heterocycles. The van der Waals surface area contributed by atoms with Crippen molar-refractivity contribution in [3.05, 3.63) is 0 Å². The van der Waals surface area contributed by atoms with Gasteiger partial charge in [-0.2, -0.15) is 0 Å². The lowest BCUT2D eigenvalue weighted by Crippen LogP contribution is -2.47. The van der Waals surface area contributed by atoms with Crippen LogP contribution in [0.1, 0.15) is 33.1 Å². The van der Waals surface area contributed by atoms with E-state index in [2.05, 4.69) is 6.92 Å². The highest BCUT2D eigenvalue weighted by molar-refractivity contribution is 5.82. The van der Waals surface area contributed by atoms with Crippen molar-refractivity contribution in [2.24, 2.45) is 5.92 Å². The van der Waals surface area contributed by atoms with Crippen LogP contribution in [0.25, 0.3) is 0 Å². The molecule has 1 fully saturated rings. The molecular formula is C12H22N2O3. The minimum atomic E-state index is -0.967. The van der Waals surface area contributed by atoms with Gasteiger partial charge in [-0.3, -0.25) is 0 Å². The molecule has 0 bridgehead atoms. The van der Waals surface area contributed by atoms with E-state index in [1.165, 1.54) is 11.8 Å². The summed E-state index contributed by atoms with van der Waals surface area (Å²) in [6.07, 6.45) is 3.31. The summed E-state index contributed by atoms with van der Waals surface area (Å²) < 4.78 is 0. The number of amides is 2. The molecule has 98 valence electrons. The van der Waals surface area contributed by atoms with Crippen LogP contribution in [0, 0.1) is 5.92 Å². The highest BCUT2D eigenvalue weighted by Crippen LogP contribution is 2.22. The second kappa shape index (κ2) is 5.89. The highest BCUT2D eigenvalue weighted by Gasteiger charge is 2.30. The topological polar surface area (TPSA) is 60.9 Å². The van der Waals surface area contributed by atoms with Crippen LogP contribution in [-0.4, -0.2) is 53.1 Å². The van der Waals surface area contributed by atoms with Gasteiger partial charge in [-0.15, -0.1) is 0 Å². The molecule has 1 N–H and O–H groups in total. The third kappa shape index (κ3) is 3.35. The Balaban J connectivity index is 2.51. The molecule has 1 saturated heterocycles. The van der Waals surface area contributed by atoms with Crippen LogP contribution in [0.5, 0.6) is 0 Å². The van der Waals surface area contributed by atoms with Crippen LogP contribution >= 0.6 is 0 Å². The van der Waals surface area contributed by atoms with E-state index in [0.29, 0.717) is 5.92 Å². The minimum Gasteiger partial charge on any atom is -0.480 e. The Morgan fingerprint density at radius 1 is 1.53 bits per heavy atom. The summed E-state index contributed by atoms with van der Waals surface area (Å²) in [4.78, 5) is 25.9. The van der Waals surface area contributed by atoms with Crippen LogP contribution in [-0.2, 0) is 4.79 Å². The quantitative estimate of drug-likeness (QED) is 0.815. The molecule has 0 saturated carbocycles. The summed E-state index contributed by atoms with van der Waals surface area (Å²) in [5.74, 6) is -0.386. The van der Waals surface area contributed by atoms with E-state index in [4.69, 9.17) is 5.11 Å². The monoisotopic (exact) mass is 242 g/mol. The molecule has 0 spiro atoms. The van der Waals surface area contributed by atoms with Crippen molar-refractivity contribution < 1.29 is 14.7 Å². The van der Waals surface area contributed by atoms with Gasteiger partial charge in [0.1, 0.15) is 6.04 Å². The number of carboxylic acids is 1. The number of rotatable bonds is 4. The molecule has 5 heteroatoms. The Labute approximate surface area is 102 Å². The maximum Gasteiger partial charge on any atom is 0.326 e. The summed E-state index contributed by atoms with van der Waals surface area (Å²) in [5.41, 5.74) is 0. The van der Waals surface area contributed by atoms with E-state index in [1.54, 1.807) is 11.9 Å². The molecule has 0 aliphatic carbocycles. The van der Waals surface area contributed by atoms with Crippen LogP contribution in [0.2, 0.25) is 0 Å². The standard InChI is InChI=1S/C12H22N2O3/c1-4-5-10-6-7-14(8-10)12(17)13(3)9(2)11(15)16/h9-10H,4-8H2,1-3H3,(H,15,16). The predicted molar refractivity (Wildman–Crippen MR) is 64.8 cm³/mol. The molecule has 0 aromatic carbocycles. The van der Waals surface area contributed by atoms with Gasteiger partial charge in [-0.25, -0.2) is 9.59 Å². The van der Waals surface area contributed by atoms with Crippen molar-refractivity contribution in [3.8, 4) is 0 Å². The summed E-state index contributed by atoms with van der Waals surface area (Å²) in [6.45, 7) is 5.19. The second-order valence-electron chi connectivity index (χ2n) is 4.80. The molecule has 1 heterocycles. The number of carbonyl (C=O) groups is 2. The average Bonchev–Trinajstić information content (AvgIpc) is 2.75. The fourth-order valence-electron chi connectivity index (χ4n) is 2.20. The smallest absolute Gasteiger partial charge is 0.326 e. The summed E-state index contributed by atoms with van der Waals surface area (Å²) >= 11 is 0. The summed E-state index contributed by atoms with van der Waals surface area (Å²) in [5, 5.41) is 8.87. The normalized spacial score (nSPS) is 21.4. The van der Waals surface area contributed by atoms with Crippen molar-refractivity contribution in [1.29, 1.82) is 0 Å². The average molecular weight is 242 g/mol. The van der Waals surface area contributed by atoms with Crippen molar-refractivity contribution in [2.75, 3.05) is 20.1 Å². The molecular weight excluding hydrogens is 220 g/mol. The minimum absolute atomic E-state index is 0.168. The lowest BCUT2D eigenvalue weighted by molar-refractivity contribution is -0.141. The van der Waals surface area contributed by atoms with Crippen LogP contribution in [0.15, 0.2) is 0 Å². The molecule has 1 rings (SSSR count). The third-order valence-corrected chi connectivity index (χ3v) is 3.49. The summed E-state index contributed by atoms with van der Waals surface area (Å²) in [7, 11) is 1.55. The van der Waals surface area contributed by atoms with Gasteiger partial charge >= 0.3 is 12.0 Å². The molecule has 0 aromatic rings. The Kier molecular flexibility index (Phi) is 4.78. The number of urea groups is 1. The zero-order chi connectivity index (χ0) is 13.0. The Morgan fingerprint density at radius 2 is 2.18 bits per heavy atom. The maximum absolute atomic E-state index is 12.0. The van der Waals surface area contributed by atoms with E-state index in [-0.39, 0.29) is 6.03 Å². The van der Waals surface area contributed by atoms with E-state index < -0.39 is 12.0 Å². The molecule has 5 nitrogen and oxygen atoms in total. The van der Waals surface area contributed by atoms with E-state index in [9.17, 15) is 9.59 Å². The first-order valence-corrected chi connectivity index (χ1v) is 6.21. The van der Waals surface area contributed by atoms with E-state index in [1.807, 2.05) is 0 Å². The van der Waals surface area contributed by atoms with Crippen molar-refractivity contribution in [2.45, 2.75) is 39.2 Å². The first kappa shape index (κ1) is 13.8. The Morgan fingerprint density at radius 3 is 2.71 bits per heavy atom. The van der Waals surface area contributed by atoms with Gasteiger partial charge in [0, 0.05) is 20.1 Å². The lowest BCUT2D eigenvalue weighted by Gasteiger charge is -2.27. The van der Waals surface area contributed by atoms with Crippen molar-refractivity contribution >= 4 is 12.0 Å². The fraction of sp³-hybridized carbons (Fsp3) is 0.833. The summed E-state index contributed by atoms with van der Waals surface area (Å²) in [6, 6.07) is -0.939. The van der Waals surface area contributed by atoms with E-state index in [0.717, 1.165) is 32.4 Å². The van der Waals surface area contributed by atoms with Gasteiger partial charge in [-0.05, 0) is 25.7 Å². The van der Waals surface area contributed by atoms with Crippen LogP contribution in [0.3, 0.4) is 0 Å². The van der Waals surface area contributed by atoms with Gasteiger partial charge < -0.3 is 14.9 Å². The predicted octanol–water partition coefficient (Wildman–Crippen LogP) is 1.63. The molecule has 0 aromatic heterocycles. The zero-order valence-corrected chi connectivity index (χ0v) is 10.8. The number of carboxylic acid groups (broad SMARTS) is 1. The first-order valence-electron chi connectivity index (χ1n) is 6.21. The second-order valence-corrected chi connectivity index (χ2v) is 4.80. The van der Waals surface area contributed by atoms with Crippen molar-refractivity contribution in [1.82, 2.24) is 9.80 Å². The van der Waals surface area contributed by atoms with Gasteiger partial charge in [-0.1, -0.05) is 13.3 Å². The largest absolute Gasteiger partial charge is 0.480 e. The highest BCUT2D eigenvalue weighted by atomic mass is 16.4. The number of hydrogen-bond acceptors (Lipinski definition) is 2. The molecule has 17 heavy (non-hydrogen) atoms. The zero-order valence-electron chi connectivity index (χ0n) is 10.8. The number of hydrogen-bond donors (Lipinski definition) is 1. The molecule has 2 unspecified atom stereocenters. The Hall–Kier alpha value is -1.26. The van der Waals surface area contributed by atoms with Gasteiger partial charge in [0.05, 0.1) is 0 Å². The van der Waals surface area contributed by atoms with Gasteiger partial charge in [0.2, 0.25) is 0 Å². The molecule has 1 aliphatic rings. The SMILES string of the molecule is CCCC1CCN(C(=O)N(C)C(C)C(=O)O)C1. The number of likely N-dealkylation sites (N-methyl/N-ethyl adjacent to an activating group) is 1.